The lowest BCUT2D eigenvalue weighted by atomic mass is 10.1. The first-order valence-electron chi connectivity index (χ1n) is 7.62. The lowest BCUT2D eigenvalue weighted by Gasteiger charge is -2.05. The van der Waals surface area contributed by atoms with Crippen molar-refractivity contribution in [3.8, 4) is 6.07 Å². The van der Waals surface area contributed by atoms with E-state index in [1.54, 1.807) is 16.8 Å². The lowest BCUT2D eigenvalue weighted by molar-refractivity contribution is 0.625. The van der Waals surface area contributed by atoms with Crippen LogP contribution in [0.5, 0.6) is 0 Å². The number of nitrogen functional groups attached to an aromatic ring is 1. The zero-order valence-electron chi connectivity index (χ0n) is 13.3. The van der Waals surface area contributed by atoms with E-state index in [4.69, 9.17) is 5.73 Å². The minimum Gasteiger partial charge on any atom is -0.383 e. The maximum atomic E-state index is 13.3. The number of aromatic nitrogens is 2. The van der Waals surface area contributed by atoms with Crippen molar-refractivity contribution in [2.24, 2.45) is 0 Å². The second-order valence-corrected chi connectivity index (χ2v) is 5.77. The molecule has 0 aliphatic rings. The quantitative estimate of drug-likeness (QED) is 0.801. The van der Waals surface area contributed by atoms with Crippen LogP contribution in [0.15, 0.2) is 48.5 Å². The normalized spacial score (nSPS) is 10.5. The summed E-state index contributed by atoms with van der Waals surface area (Å²) in [4.78, 5) is 0. The Bertz CT molecular complexity index is 921. The Kier molecular flexibility index (Phi) is 4.30. The van der Waals surface area contributed by atoms with Gasteiger partial charge in [-0.15, -0.1) is 0 Å². The van der Waals surface area contributed by atoms with Gasteiger partial charge in [0, 0.05) is 6.42 Å². The smallest absolute Gasteiger partial charge is 0.140 e. The van der Waals surface area contributed by atoms with Gasteiger partial charge in [-0.1, -0.05) is 42.0 Å². The molecule has 3 rings (SSSR count). The van der Waals surface area contributed by atoms with Gasteiger partial charge in [-0.3, -0.25) is 0 Å². The second-order valence-electron chi connectivity index (χ2n) is 5.77. The van der Waals surface area contributed by atoms with Crippen LogP contribution in [0.3, 0.4) is 0 Å². The molecule has 0 saturated carbocycles. The van der Waals surface area contributed by atoms with Crippen molar-refractivity contribution < 1.29 is 4.39 Å². The molecular weight excluding hydrogens is 303 g/mol. The number of benzene rings is 2. The van der Waals surface area contributed by atoms with Gasteiger partial charge in [0.25, 0.3) is 0 Å². The van der Waals surface area contributed by atoms with Crippen molar-refractivity contribution in [1.29, 1.82) is 5.26 Å². The molecule has 24 heavy (non-hydrogen) atoms. The topological polar surface area (TPSA) is 67.6 Å². The Morgan fingerprint density at radius 2 is 1.92 bits per heavy atom. The zero-order chi connectivity index (χ0) is 17.1. The molecule has 0 fully saturated rings. The molecule has 0 amide bonds. The van der Waals surface area contributed by atoms with Gasteiger partial charge >= 0.3 is 0 Å². The van der Waals surface area contributed by atoms with E-state index >= 15 is 0 Å². The summed E-state index contributed by atoms with van der Waals surface area (Å²) in [5.74, 6) is 0.0311. The Morgan fingerprint density at radius 1 is 1.17 bits per heavy atom. The van der Waals surface area contributed by atoms with Crippen LogP contribution in [-0.2, 0) is 13.0 Å². The molecule has 5 heteroatoms. The number of nitrogens with two attached hydrogens (primary N) is 1. The fraction of sp³-hybridized carbons (Fsp3) is 0.158. The maximum absolute atomic E-state index is 13.3. The fourth-order valence-corrected chi connectivity index (χ4v) is 2.72. The van der Waals surface area contributed by atoms with E-state index in [0.717, 1.165) is 16.7 Å². The third kappa shape index (κ3) is 3.28. The Hall–Kier alpha value is -3.13. The predicted molar refractivity (Wildman–Crippen MR) is 90.8 cm³/mol. The highest BCUT2D eigenvalue weighted by atomic mass is 19.1. The zero-order valence-corrected chi connectivity index (χ0v) is 13.3. The van der Waals surface area contributed by atoms with E-state index < -0.39 is 0 Å². The van der Waals surface area contributed by atoms with E-state index in [1.165, 1.54) is 12.1 Å². The molecule has 3 aromatic rings. The standard InChI is InChI=1S/C19H17FN4/c1-13-4-2-6-15(8-13)12-24-19(22)17(11-21)18(23-24)10-14-5-3-7-16(20)9-14/h2-9H,10,12,22H2,1H3. The SMILES string of the molecule is Cc1cccc(Cn2nc(Cc3cccc(F)c3)c(C#N)c2N)c1. The van der Waals surface area contributed by atoms with E-state index in [2.05, 4.69) is 17.2 Å². The molecule has 0 radical (unpaired) electrons. The Balaban J connectivity index is 1.92. The molecule has 4 nitrogen and oxygen atoms in total. The molecule has 0 saturated heterocycles. The molecule has 0 spiro atoms. The van der Waals surface area contributed by atoms with Crippen molar-refractivity contribution in [1.82, 2.24) is 9.78 Å². The number of halogens is 1. The van der Waals surface area contributed by atoms with Gasteiger partial charge in [0.05, 0.1) is 12.2 Å². The predicted octanol–water partition coefficient (Wildman–Crippen LogP) is 3.42. The highest BCUT2D eigenvalue weighted by Crippen LogP contribution is 2.21. The summed E-state index contributed by atoms with van der Waals surface area (Å²) >= 11 is 0. The van der Waals surface area contributed by atoms with Crippen LogP contribution in [0.25, 0.3) is 0 Å². The first kappa shape index (κ1) is 15.8. The monoisotopic (exact) mass is 320 g/mol. The van der Waals surface area contributed by atoms with Crippen LogP contribution in [0.2, 0.25) is 0 Å². The van der Waals surface area contributed by atoms with E-state index in [0.29, 0.717) is 30.0 Å². The van der Waals surface area contributed by atoms with Gasteiger partial charge in [0.2, 0.25) is 0 Å². The molecule has 0 unspecified atom stereocenters. The minimum absolute atomic E-state index is 0.307. The number of aryl methyl sites for hydroxylation is 1. The van der Waals surface area contributed by atoms with Crippen LogP contribution < -0.4 is 5.73 Å². The Morgan fingerprint density at radius 3 is 2.62 bits per heavy atom. The van der Waals surface area contributed by atoms with Crippen LogP contribution in [-0.4, -0.2) is 9.78 Å². The minimum atomic E-state index is -0.307. The lowest BCUT2D eigenvalue weighted by Crippen LogP contribution is -2.06. The van der Waals surface area contributed by atoms with Crippen LogP contribution in [0.1, 0.15) is 27.9 Å². The summed E-state index contributed by atoms with van der Waals surface area (Å²) in [6.07, 6.45) is 0.367. The van der Waals surface area contributed by atoms with Crippen LogP contribution in [0, 0.1) is 24.1 Å². The van der Waals surface area contributed by atoms with Crippen molar-refractivity contribution in [3.05, 3.63) is 82.3 Å². The molecule has 1 aromatic heterocycles. The van der Waals surface area contributed by atoms with Gasteiger partial charge in [0.15, 0.2) is 0 Å². The molecule has 1 heterocycles. The fourth-order valence-electron chi connectivity index (χ4n) is 2.72. The summed E-state index contributed by atoms with van der Waals surface area (Å²) in [6.45, 7) is 2.51. The highest BCUT2D eigenvalue weighted by Gasteiger charge is 2.16. The molecule has 0 atom stereocenters. The summed E-state index contributed by atoms with van der Waals surface area (Å²) in [6, 6.07) is 16.4. The van der Waals surface area contributed by atoms with Crippen LogP contribution >= 0.6 is 0 Å². The van der Waals surface area contributed by atoms with Gasteiger partial charge in [-0.25, -0.2) is 9.07 Å². The number of anilines is 1. The molecule has 120 valence electrons. The van der Waals surface area contributed by atoms with Gasteiger partial charge in [-0.05, 0) is 30.2 Å². The van der Waals surface area contributed by atoms with Gasteiger partial charge in [0.1, 0.15) is 23.3 Å². The number of nitriles is 1. The molecular formula is C19H17FN4. The molecule has 0 aliphatic carbocycles. The molecule has 0 aliphatic heterocycles. The first-order chi connectivity index (χ1) is 11.6. The maximum Gasteiger partial charge on any atom is 0.140 e. The van der Waals surface area contributed by atoms with Crippen molar-refractivity contribution in [3.63, 3.8) is 0 Å². The molecule has 0 bridgehead atoms. The summed E-state index contributed by atoms with van der Waals surface area (Å²) in [5.41, 5.74) is 9.97. The van der Waals surface area contributed by atoms with Crippen molar-refractivity contribution >= 4 is 5.82 Å². The van der Waals surface area contributed by atoms with Crippen LogP contribution in [0.4, 0.5) is 10.2 Å². The second kappa shape index (κ2) is 6.55. The van der Waals surface area contributed by atoms with Gasteiger partial charge < -0.3 is 5.73 Å². The molecule has 2 N–H and O–H groups in total. The van der Waals surface area contributed by atoms with E-state index in [9.17, 15) is 9.65 Å². The average Bonchev–Trinajstić information content (AvgIpc) is 2.82. The largest absolute Gasteiger partial charge is 0.383 e. The number of hydrogen-bond acceptors (Lipinski definition) is 3. The average molecular weight is 320 g/mol. The van der Waals surface area contributed by atoms with E-state index in [1.807, 2.05) is 25.1 Å². The van der Waals surface area contributed by atoms with Gasteiger partial charge in [-0.2, -0.15) is 10.4 Å². The first-order valence-corrected chi connectivity index (χ1v) is 7.62. The number of hydrogen-bond donors (Lipinski definition) is 1. The van der Waals surface area contributed by atoms with Crippen molar-refractivity contribution in [2.45, 2.75) is 19.9 Å². The summed E-state index contributed by atoms with van der Waals surface area (Å²) < 4.78 is 15.0. The third-order valence-corrected chi connectivity index (χ3v) is 3.85. The summed E-state index contributed by atoms with van der Waals surface area (Å²) in [7, 11) is 0. The summed E-state index contributed by atoms with van der Waals surface area (Å²) in [5, 5.41) is 13.9. The molecule has 2 aromatic carbocycles. The van der Waals surface area contributed by atoms with Crippen molar-refractivity contribution in [2.75, 3.05) is 5.73 Å². The highest BCUT2D eigenvalue weighted by molar-refractivity contribution is 5.53. The van der Waals surface area contributed by atoms with E-state index in [-0.39, 0.29) is 5.82 Å². The third-order valence-electron chi connectivity index (χ3n) is 3.85. The number of rotatable bonds is 4. The Labute approximate surface area is 140 Å². The number of nitrogens with zero attached hydrogens (tertiary/aromatic N) is 3.